The van der Waals surface area contributed by atoms with Crippen molar-refractivity contribution >= 4 is 11.6 Å². The molecule has 30 heavy (non-hydrogen) atoms. The zero-order valence-electron chi connectivity index (χ0n) is 17.8. The third-order valence-electron chi connectivity index (χ3n) is 6.21. The highest BCUT2D eigenvalue weighted by Crippen LogP contribution is 2.37. The van der Waals surface area contributed by atoms with Crippen molar-refractivity contribution in [3.05, 3.63) is 74.8 Å². The summed E-state index contributed by atoms with van der Waals surface area (Å²) in [5.74, 6) is 1.66. The summed E-state index contributed by atoms with van der Waals surface area (Å²) < 4.78 is 15.0. The van der Waals surface area contributed by atoms with Crippen molar-refractivity contribution in [2.75, 3.05) is 0 Å². The molecule has 0 unspecified atom stereocenters. The molecule has 4 rings (SSSR count). The van der Waals surface area contributed by atoms with E-state index in [1.807, 2.05) is 19.1 Å². The largest absolute Gasteiger partial charge is 0.283 e. The lowest BCUT2D eigenvalue weighted by atomic mass is 9.78. The van der Waals surface area contributed by atoms with E-state index in [1.165, 1.54) is 12.8 Å². The molecule has 1 fully saturated rings. The number of aryl methyl sites for hydroxylation is 2. The number of hydrogen-bond acceptors (Lipinski definition) is 3. The predicted octanol–water partition coefficient (Wildman–Crippen LogP) is 6.08. The Balaban J connectivity index is 1.54. The molecule has 1 aliphatic rings. The number of aromatic nitrogens is 4. The molecule has 4 nitrogen and oxygen atoms in total. The highest BCUT2D eigenvalue weighted by Gasteiger charge is 2.22. The Bertz CT molecular complexity index is 1040. The fraction of sp³-hybridized carbons (Fsp3) is 0.458. The molecule has 3 aromatic rings. The van der Waals surface area contributed by atoms with E-state index in [-0.39, 0.29) is 5.82 Å². The summed E-state index contributed by atoms with van der Waals surface area (Å²) in [5, 5.41) is 7.67. The molecule has 2 heterocycles. The molecule has 1 aromatic carbocycles. The maximum Gasteiger partial charge on any atom is 0.133 e. The Hall–Kier alpha value is -2.27. The molecule has 0 saturated heterocycles. The molecule has 0 radical (unpaired) electrons. The predicted molar refractivity (Wildman–Crippen MR) is 117 cm³/mol. The molecule has 158 valence electrons. The summed E-state index contributed by atoms with van der Waals surface area (Å²) in [5.41, 5.74) is 5.51. The molecule has 6 heteroatoms. The Morgan fingerprint density at radius 1 is 1.10 bits per heavy atom. The van der Waals surface area contributed by atoms with Crippen molar-refractivity contribution in [2.45, 2.75) is 65.2 Å². The van der Waals surface area contributed by atoms with Gasteiger partial charge in [-0.15, -0.1) is 0 Å². The van der Waals surface area contributed by atoms with Crippen molar-refractivity contribution in [3.63, 3.8) is 0 Å². The Morgan fingerprint density at radius 3 is 2.57 bits per heavy atom. The van der Waals surface area contributed by atoms with Gasteiger partial charge >= 0.3 is 0 Å². The van der Waals surface area contributed by atoms with Crippen molar-refractivity contribution in [3.8, 4) is 0 Å². The highest BCUT2D eigenvalue weighted by atomic mass is 35.5. The van der Waals surface area contributed by atoms with Gasteiger partial charge < -0.3 is 0 Å². The number of hydrogen-bond donors (Lipinski definition) is 1. The normalized spacial score (nSPS) is 19.2. The maximum absolute atomic E-state index is 15.0. The summed E-state index contributed by atoms with van der Waals surface area (Å²) in [6, 6.07) is 5.68. The van der Waals surface area contributed by atoms with Gasteiger partial charge in [0.1, 0.15) is 11.6 Å². The van der Waals surface area contributed by atoms with Crippen LogP contribution in [0.3, 0.4) is 0 Å². The summed E-state index contributed by atoms with van der Waals surface area (Å²) in [7, 11) is 0. The van der Waals surface area contributed by atoms with E-state index in [0.29, 0.717) is 40.9 Å². The Morgan fingerprint density at radius 2 is 1.87 bits per heavy atom. The van der Waals surface area contributed by atoms with Gasteiger partial charge in [0.2, 0.25) is 0 Å². The van der Waals surface area contributed by atoms with Crippen LogP contribution in [0.1, 0.15) is 78.1 Å². The molecule has 0 bridgehead atoms. The number of rotatable bonds is 5. The maximum atomic E-state index is 15.0. The van der Waals surface area contributed by atoms with E-state index in [1.54, 1.807) is 12.3 Å². The molecular weight excluding hydrogens is 399 g/mol. The first-order chi connectivity index (χ1) is 14.4. The average Bonchev–Trinajstić information content (AvgIpc) is 3.12. The van der Waals surface area contributed by atoms with Crippen LogP contribution < -0.4 is 0 Å². The van der Waals surface area contributed by atoms with Crippen LogP contribution in [0.2, 0.25) is 5.02 Å². The van der Waals surface area contributed by atoms with Gasteiger partial charge in [-0.05, 0) is 67.3 Å². The van der Waals surface area contributed by atoms with Crippen LogP contribution in [-0.2, 0) is 12.8 Å². The minimum atomic E-state index is -0.169. The molecule has 0 amide bonds. The Kier molecular flexibility index (Phi) is 6.19. The van der Waals surface area contributed by atoms with Gasteiger partial charge in [0.25, 0.3) is 0 Å². The lowest BCUT2D eigenvalue weighted by molar-refractivity contribution is 0.346. The number of H-pyrrole nitrogens is 1. The average molecular weight is 427 g/mol. The van der Waals surface area contributed by atoms with E-state index in [9.17, 15) is 4.39 Å². The number of nitrogens with one attached hydrogen (secondary N) is 1. The van der Waals surface area contributed by atoms with Crippen molar-refractivity contribution in [1.29, 1.82) is 0 Å². The summed E-state index contributed by atoms with van der Waals surface area (Å²) >= 11 is 6.29. The SMILES string of the molecule is Cc1cc(Cc2nc(Cc3cc(C)c(C4CCC(C)CC4)cc3F)ncc2Cl)n[nH]1. The molecular formula is C24H28ClFN4. The van der Waals surface area contributed by atoms with Gasteiger partial charge in [-0.25, -0.2) is 14.4 Å². The number of halogens is 2. The lowest BCUT2D eigenvalue weighted by Gasteiger charge is -2.28. The van der Waals surface area contributed by atoms with E-state index >= 15 is 0 Å². The van der Waals surface area contributed by atoms with Gasteiger partial charge in [0, 0.05) is 24.7 Å². The van der Waals surface area contributed by atoms with Gasteiger partial charge in [-0.1, -0.05) is 37.4 Å². The van der Waals surface area contributed by atoms with E-state index in [2.05, 4.69) is 34.0 Å². The lowest BCUT2D eigenvalue weighted by Crippen LogP contribution is -2.13. The van der Waals surface area contributed by atoms with Gasteiger partial charge in [-0.3, -0.25) is 5.10 Å². The van der Waals surface area contributed by atoms with Crippen LogP contribution in [-0.4, -0.2) is 20.2 Å². The monoisotopic (exact) mass is 426 g/mol. The zero-order valence-corrected chi connectivity index (χ0v) is 18.6. The summed E-state index contributed by atoms with van der Waals surface area (Å²) in [4.78, 5) is 8.93. The minimum Gasteiger partial charge on any atom is -0.283 e. The van der Waals surface area contributed by atoms with Crippen molar-refractivity contribution in [1.82, 2.24) is 20.2 Å². The van der Waals surface area contributed by atoms with Gasteiger partial charge in [0.05, 0.1) is 16.4 Å². The van der Waals surface area contributed by atoms with E-state index < -0.39 is 0 Å². The topological polar surface area (TPSA) is 54.5 Å². The van der Waals surface area contributed by atoms with Crippen molar-refractivity contribution < 1.29 is 4.39 Å². The first-order valence-corrected chi connectivity index (χ1v) is 11.1. The molecule has 1 N–H and O–H groups in total. The second-order valence-corrected chi connectivity index (χ2v) is 9.14. The minimum absolute atomic E-state index is 0.169. The second kappa shape index (κ2) is 8.84. The standard InChI is InChI=1S/C24H28ClFN4/c1-14-4-6-17(7-5-14)20-12-22(26)18(8-15(20)2)10-24-27-13-21(25)23(28-24)11-19-9-16(3)29-30-19/h8-9,12-14,17H,4-7,10-11H2,1-3H3,(H,29,30). The fourth-order valence-corrected chi connectivity index (χ4v) is 4.62. The Labute approximate surface area is 182 Å². The fourth-order valence-electron chi connectivity index (χ4n) is 4.46. The summed E-state index contributed by atoms with van der Waals surface area (Å²) in [6.45, 7) is 6.34. The highest BCUT2D eigenvalue weighted by molar-refractivity contribution is 6.31. The molecule has 1 aliphatic carbocycles. The number of benzene rings is 1. The van der Waals surface area contributed by atoms with E-state index in [0.717, 1.165) is 41.3 Å². The molecule has 2 aromatic heterocycles. The number of nitrogens with zero attached hydrogens (tertiary/aromatic N) is 3. The van der Waals surface area contributed by atoms with Crippen LogP contribution in [0.4, 0.5) is 4.39 Å². The first kappa shape index (κ1) is 21.0. The van der Waals surface area contributed by atoms with Crippen molar-refractivity contribution in [2.24, 2.45) is 5.92 Å². The summed E-state index contributed by atoms with van der Waals surface area (Å²) in [6.07, 6.45) is 7.21. The molecule has 0 aliphatic heterocycles. The van der Waals surface area contributed by atoms with Crippen LogP contribution in [0.5, 0.6) is 0 Å². The third-order valence-corrected chi connectivity index (χ3v) is 6.53. The van der Waals surface area contributed by atoms with Crippen LogP contribution in [0.25, 0.3) is 0 Å². The smallest absolute Gasteiger partial charge is 0.133 e. The first-order valence-electron chi connectivity index (χ1n) is 10.7. The van der Waals surface area contributed by atoms with Gasteiger partial charge in [0.15, 0.2) is 0 Å². The number of aromatic amines is 1. The second-order valence-electron chi connectivity index (χ2n) is 8.73. The van der Waals surface area contributed by atoms with Crippen LogP contribution in [0, 0.1) is 25.6 Å². The van der Waals surface area contributed by atoms with Crippen LogP contribution >= 0.6 is 11.6 Å². The molecule has 0 atom stereocenters. The zero-order chi connectivity index (χ0) is 21.3. The molecule has 0 spiro atoms. The van der Waals surface area contributed by atoms with Crippen LogP contribution in [0.15, 0.2) is 24.4 Å². The van der Waals surface area contributed by atoms with Gasteiger partial charge in [-0.2, -0.15) is 5.10 Å². The van der Waals surface area contributed by atoms with E-state index in [4.69, 9.17) is 11.6 Å². The molecule has 1 saturated carbocycles. The quantitative estimate of drug-likeness (QED) is 0.537. The third kappa shape index (κ3) is 4.72.